The molecule has 9 aliphatic heterocycles. The van der Waals surface area contributed by atoms with Gasteiger partial charge in [0.25, 0.3) is 19.6 Å². The molecule has 0 aromatic carbocycles. The van der Waals surface area contributed by atoms with Gasteiger partial charge < -0.3 is 274 Å². The third-order valence-corrected chi connectivity index (χ3v) is 26.2. The monoisotopic (exact) mass is 1990 g/mol. The van der Waals surface area contributed by atoms with E-state index in [4.69, 9.17) is 119 Å². The van der Waals surface area contributed by atoms with Crippen molar-refractivity contribution in [2.24, 2.45) is 35.1 Å². The molecule has 9 aliphatic rings. The van der Waals surface area contributed by atoms with Crippen LogP contribution < -0.4 is 11.5 Å². The molecule has 0 saturated carbocycles. The minimum absolute atomic E-state index is 0.328. The minimum atomic E-state index is -3.04. The summed E-state index contributed by atoms with van der Waals surface area (Å²) >= 11 is 0. The highest BCUT2D eigenvalue weighted by Crippen LogP contribution is 2.43. The smallest absolute Gasteiger partial charge is 0.364 e. The van der Waals surface area contributed by atoms with Crippen molar-refractivity contribution in [2.45, 2.75) is 373 Å². The number of rotatable bonds is 47. The maximum Gasteiger partial charge on any atom is 0.364 e. The fourth-order valence-electron chi connectivity index (χ4n) is 17.3. The predicted molar refractivity (Wildman–Crippen MR) is 430 cm³/mol. The van der Waals surface area contributed by atoms with E-state index in [1.807, 2.05) is 0 Å². The van der Waals surface area contributed by atoms with Gasteiger partial charge in [-0.15, -0.1) is 0 Å². The molecule has 2 radical (unpaired) electrons. The number of hydrogen-bond acceptors (Lipinski definition) is 55. The lowest BCUT2D eigenvalue weighted by atomic mass is 9.88. The first kappa shape index (κ1) is 116. The van der Waals surface area contributed by atoms with Crippen molar-refractivity contribution in [2.75, 3.05) is 79.2 Å². The fourth-order valence-corrected chi connectivity index (χ4v) is 17.3. The Morgan fingerprint density at radius 2 is 0.890 bits per heavy atom. The van der Waals surface area contributed by atoms with E-state index in [0.29, 0.717) is 0 Å². The lowest BCUT2D eigenvalue weighted by Gasteiger charge is -2.50. The van der Waals surface area contributed by atoms with Crippen molar-refractivity contribution in [3.05, 3.63) is 0 Å². The normalized spacial score (nSPS) is 45.5. The van der Waals surface area contributed by atoms with Crippen LogP contribution in [0.2, 0.25) is 0 Å². The lowest BCUT2D eigenvalue weighted by Crippen LogP contribution is -2.67. The van der Waals surface area contributed by atoms with Gasteiger partial charge in [0.2, 0.25) is 0 Å². The zero-order chi connectivity index (χ0) is 101. The first-order chi connectivity index (χ1) is 64.0. The van der Waals surface area contributed by atoms with E-state index >= 15 is 0 Å². The molecule has 792 valence electrons. The molecule has 9 fully saturated rings. The summed E-state index contributed by atoms with van der Waals surface area (Å²) in [6.07, 6.45) is -98.9. The lowest BCUT2D eigenvalue weighted by molar-refractivity contribution is -0.391. The molecule has 36 N–H and O–H groups in total. The van der Waals surface area contributed by atoms with Crippen molar-refractivity contribution in [3.63, 3.8) is 0 Å². The van der Waals surface area contributed by atoms with Crippen LogP contribution in [0, 0.1) is 23.7 Å². The van der Waals surface area contributed by atoms with Crippen molar-refractivity contribution in [1.82, 2.24) is 0 Å². The van der Waals surface area contributed by atoms with E-state index in [1.54, 1.807) is 13.8 Å². The molecule has 0 amide bonds. The van der Waals surface area contributed by atoms with Crippen LogP contribution in [0.25, 0.3) is 0 Å². The third kappa shape index (κ3) is 26.3. The molecule has 136 heavy (non-hydrogen) atoms. The van der Waals surface area contributed by atoms with E-state index in [0.717, 1.165) is 13.8 Å². The second-order valence-corrected chi connectivity index (χ2v) is 35.6. The van der Waals surface area contributed by atoms with Crippen LogP contribution in [0.3, 0.4) is 0 Å². The van der Waals surface area contributed by atoms with E-state index < -0.39 is 440 Å². The van der Waals surface area contributed by atoms with E-state index in [1.165, 1.54) is 13.8 Å². The Morgan fingerprint density at radius 3 is 1.37 bits per heavy atom. The Balaban J connectivity index is 0.969. The van der Waals surface area contributed by atoms with Gasteiger partial charge in [0, 0.05) is 49.7 Å². The van der Waals surface area contributed by atoms with Gasteiger partial charge in [-0.25, -0.2) is 9.59 Å². The number of carboxylic acid groups (broad SMARTS) is 2. The topological polar surface area (TPSA) is 927 Å². The summed E-state index contributed by atoms with van der Waals surface area (Å²) in [5.41, 5.74) is 11.5. The maximum absolute atomic E-state index is 13.0. The molecule has 0 bridgehead atoms. The zero-order valence-corrected chi connectivity index (χ0v) is 74.6. The number of aliphatic carboxylic acids is 2. The molecule has 0 aromatic rings. The van der Waals surface area contributed by atoms with Crippen LogP contribution in [0.5, 0.6) is 0 Å². The third-order valence-electron chi connectivity index (χ3n) is 26.2. The Morgan fingerprint density at radius 1 is 0.449 bits per heavy atom. The molecule has 0 aliphatic carbocycles. The molecular formula is C78H137BN2O55. The van der Waals surface area contributed by atoms with Gasteiger partial charge in [-0.05, 0) is 20.3 Å². The molecule has 28 unspecified atom stereocenters. The summed E-state index contributed by atoms with van der Waals surface area (Å²) in [6, 6.07) is -1.59. The molecule has 58 heteroatoms. The van der Waals surface area contributed by atoms with Gasteiger partial charge >= 0.3 is 11.9 Å². The Kier molecular flexibility index (Phi) is 43.9. The molecule has 9 heterocycles. The van der Waals surface area contributed by atoms with Crippen LogP contribution in [-0.2, 0) is 109 Å². The number of aliphatic hydroxyl groups excluding tert-OH is 30. The number of ether oxygens (including phenoxy) is 20. The van der Waals surface area contributed by atoms with E-state index in [2.05, 4.69) is 0 Å². The summed E-state index contributed by atoms with van der Waals surface area (Å²) in [5, 5.41) is 355. The highest BCUT2D eigenvalue weighted by atomic mass is 16.8. The summed E-state index contributed by atoms with van der Waals surface area (Å²) in [5.74, 6) is -14.9. The summed E-state index contributed by atoms with van der Waals surface area (Å²) in [4.78, 5) is 25.8. The highest BCUT2D eigenvalue weighted by Gasteiger charge is 2.62. The number of carbonyl (C=O) groups is 2. The van der Waals surface area contributed by atoms with Crippen LogP contribution in [0.4, 0.5) is 0 Å². The Bertz CT molecular complexity index is 3550. The number of nitrogens with two attached hydrogens (primary N) is 2. The van der Waals surface area contributed by atoms with Crippen LogP contribution in [0.1, 0.15) is 60.8 Å². The largest absolute Gasteiger partial charge is 0.477 e. The fraction of sp³-hybridized carbons (Fsp3) is 0.974. The maximum atomic E-state index is 13.0. The molecule has 57 nitrogen and oxygen atoms in total. The summed E-state index contributed by atoms with van der Waals surface area (Å²) in [6.45, 7) is -3.78. The SMILES string of the molecule is [B]OCC1OC(C)[C@@H](C)[C@@H](O)[C@@H]1OC1OC(CO)C(OC2OC(COC3OC(CO)C(O)[C@H](O)[C@H]3OC3OC(CO)C(OC4OC(COC5(C(=O)O)C[C@@H](O)[C@@H](N)C([C@@H](O)[C@H](O)CO)O5)C(O)[C@@H](O)[C@@H]4O)[C@H](O)[C@@H]3C)[C@@H](O)[C@H](OC(O)[C@@H](OC3OC(CO)C(OC4OC(COC(C[C@@H](O)CN)(OC(C)[C@@H](O)[C@H](O)CO)C(=O)O)C(O)[C@@H](O)[C@@H]4O)[C@H](O)[C@@H]3C)[C@H](O)C(O)CCO)[C@H]2O)[C@H](O)[C@@H]1C. The molecule has 0 spiro atoms. The minimum Gasteiger partial charge on any atom is -0.477 e. The van der Waals surface area contributed by atoms with Crippen LogP contribution >= 0.6 is 0 Å². The van der Waals surface area contributed by atoms with E-state index in [9.17, 15) is 173 Å². The van der Waals surface area contributed by atoms with Crippen LogP contribution in [0.15, 0.2) is 0 Å². The van der Waals surface area contributed by atoms with E-state index in [-0.39, 0.29) is 6.61 Å². The molecule has 9 rings (SSSR count). The number of carboxylic acids is 2. The molecular weight excluding hydrogens is 1860 g/mol. The van der Waals surface area contributed by atoms with Gasteiger partial charge in [0.15, 0.2) is 50.3 Å². The number of hydrogen-bond donors (Lipinski definition) is 34. The summed E-state index contributed by atoms with van der Waals surface area (Å²) in [7, 11) is 5.42. The second kappa shape index (κ2) is 51.3. The average Bonchev–Trinajstić information content (AvgIpc) is 0.780. The molecule has 55 atom stereocenters. The number of aliphatic hydroxyl groups is 30. The quantitative estimate of drug-likeness (QED) is 0.0199. The highest BCUT2D eigenvalue weighted by molar-refractivity contribution is 5.97. The first-order valence-electron chi connectivity index (χ1n) is 44.3. The Labute approximate surface area is 777 Å². The van der Waals surface area contributed by atoms with Gasteiger partial charge in [-0.3, -0.25) is 0 Å². The second-order valence-electron chi connectivity index (χ2n) is 35.6. The average molecular weight is 1990 g/mol. The summed E-state index contributed by atoms with van der Waals surface area (Å²) < 4.78 is 124. The molecule has 0 aromatic heterocycles. The standard InChI is InChI=1S/C78H137BN2O55/c1-22-26(5)120-40(21-119-79)62(42(22)94)129-68-23(2)43(95)61(36(17-88)122-68)132-73-58(110)64(128-67(111)65(47(99)29(90)7-8-82)133-69-24(3)44(96)59(34(15-86)123-69)130-71-56(108)53(105)50(102)38(126-71)19-117-77(75(112)113,9-28(89)11-80)135-27(6)46(98)31(92)12-83)52(104)37(125-73)18-116-74-66(55(107)49(101)33(14-85)121-74)134-70-25(4)45(97)60(35(16-87)124-70)131-72-57(109)54(106)51(103)39(127-72)20-118-78(76(114)115)10-30(91)41(81)63(136-78)48(100)32(93)13-84/h22-74,82-111H,7-21,80-81H2,1-6H3,(H,112,113)(H,114,115)/t22-,23+,24+,25+,26?,27?,28-,29?,30-,31-,32-,33?,34?,35?,36?,37?,38?,39?,40?,41-,42-,43-,44-,45-,46-,47-,48+,49?,50?,51?,52-,53-,54-,55+,56+,57+,58-,59?,60?,61?,62-,63?,64+,65+,66-,67?,68?,69?,70?,71?,72?,73?,74?,77?,78?/m1/s1. The van der Waals surface area contributed by atoms with Crippen molar-refractivity contribution < 1.29 is 272 Å². The van der Waals surface area contributed by atoms with Crippen molar-refractivity contribution >= 4 is 20.0 Å². The Hall–Kier alpha value is -3.12. The van der Waals surface area contributed by atoms with Crippen molar-refractivity contribution in [1.29, 1.82) is 0 Å². The predicted octanol–water partition coefficient (Wildman–Crippen LogP) is -19.7. The molecule has 9 saturated heterocycles. The van der Waals surface area contributed by atoms with Gasteiger partial charge in [-0.1, -0.05) is 27.7 Å². The van der Waals surface area contributed by atoms with Gasteiger partial charge in [0.1, 0.15) is 189 Å². The van der Waals surface area contributed by atoms with Gasteiger partial charge in [0.05, 0.1) is 127 Å². The first-order valence-corrected chi connectivity index (χ1v) is 44.3. The van der Waals surface area contributed by atoms with Gasteiger partial charge in [-0.2, -0.15) is 0 Å². The van der Waals surface area contributed by atoms with Crippen LogP contribution in [-0.4, -0.2) is 575 Å². The zero-order valence-electron chi connectivity index (χ0n) is 74.6. The van der Waals surface area contributed by atoms with Crippen molar-refractivity contribution in [3.8, 4) is 0 Å².